The fourth-order valence-electron chi connectivity index (χ4n) is 2.05. The SMILES string of the molecule is CCC(CCCSc1ncns1)(NC1CC1)C(=O)O. The zero-order valence-electron chi connectivity index (χ0n) is 11.0. The summed E-state index contributed by atoms with van der Waals surface area (Å²) in [7, 11) is 0. The van der Waals surface area contributed by atoms with E-state index in [0.717, 1.165) is 29.4 Å². The first-order valence-corrected chi connectivity index (χ1v) is 8.33. The summed E-state index contributed by atoms with van der Waals surface area (Å²) in [6.45, 7) is 1.95. The van der Waals surface area contributed by atoms with Gasteiger partial charge in [0.05, 0.1) is 0 Å². The summed E-state index contributed by atoms with van der Waals surface area (Å²) < 4.78 is 4.90. The van der Waals surface area contributed by atoms with Crippen LogP contribution in [0.1, 0.15) is 39.0 Å². The Labute approximate surface area is 121 Å². The quantitative estimate of drug-likeness (QED) is 0.539. The molecule has 19 heavy (non-hydrogen) atoms. The molecule has 0 amide bonds. The van der Waals surface area contributed by atoms with E-state index in [1.54, 1.807) is 18.1 Å². The maximum Gasteiger partial charge on any atom is 0.323 e. The van der Waals surface area contributed by atoms with Crippen molar-refractivity contribution in [1.29, 1.82) is 0 Å². The average Bonchev–Trinajstić information content (AvgIpc) is 3.05. The van der Waals surface area contributed by atoms with E-state index in [0.29, 0.717) is 18.9 Å². The van der Waals surface area contributed by atoms with Crippen molar-refractivity contribution in [2.75, 3.05) is 5.75 Å². The second kappa shape index (κ2) is 6.67. The van der Waals surface area contributed by atoms with Gasteiger partial charge in [-0.1, -0.05) is 18.7 Å². The van der Waals surface area contributed by atoms with Gasteiger partial charge in [-0.25, -0.2) is 4.98 Å². The minimum Gasteiger partial charge on any atom is -0.480 e. The molecule has 0 spiro atoms. The van der Waals surface area contributed by atoms with Gasteiger partial charge in [0.2, 0.25) is 0 Å². The van der Waals surface area contributed by atoms with Crippen molar-refractivity contribution in [3.63, 3.8) is 0 Å². The van der Waals surface area contributed by atoms with E-state index in [1.807, 2.05) is 6.92 Å². The number of nitrogens with zero attached hydrogens (tertiary/aromatic N) is 2. The number of carboxylic acid groups (broad SMARTS) is 1. The number of aromatic nitrogens is 2. The van der Waals surface area contributed by atoms with E-state index < -0.39 is 11.5 Å². The predicted octanol–water partition coefficient (Wildman–Crippen LogP) is 2.40. The first-order chi connectivity index (χ1) is 9.16. The molecule has 5 nitrogen and oxygen atoms in total. The number of hydrogen-bond acceptors (Lipinski definition) is 6. The molecular weight excluding hydrogens is 282 g/mol. The zero-order chi connectivity index (χ0) is 13.7. The lowest BCUT2D eigenvalue weighted by atomic mass is 9.90. The van der Waals surface area contributed by atoms with Crippen LogP contribution in [0.4, 0.5) is 0 Å². The number of rotatable bonds is 9. The number of thioether (sulfide) groups is 1. The molecule has 106 valence electrons. The van der Waals surface area contributed by atoms with Gasteiger partial charge in [0.15, 0.2) is 4.34 Å². The van der Waals surface area contributed by atoms with Gasteiger partial charge < -0.3 is 5.11 Å². The molecule has 1 aromatic rings. The minimum atomic E-state index is -0.747. The highest BCUT2D eigenvalue weighted by molar-refractivity contribution is 8.00. The van der Waals surface area contributed by atoms with Crippen LogP contribution in [0.15, 0.2) is 10.7 Å². The monoisotopic (exact) mass is 301 g/mol. The molecule has 7 heteroatoms. The lowest BCUT2D eigenvalue weighted by Gasteiger charge is -2.29. The Bertz CT molecular complexity index is 409. The first-order valence-electron chi connectivity index (χ1n) is 6.57. The van der Waals surface area contributed by atoms with Crippen LogP contribution in [0.5, 0.6) is 0 Å². The molecule has 2 N–H and O–H groups in total. The van der Waals surface area contributed by atoms with Gasteiger partial charge in [-0.15, -0.1) is 0 Å². The molecule has 0 bridgehead atoms. The normalized spacial score (nSPS) is 18.2. The highest BCUT2D eigenvalue weighted by Crippen LogP contribution is 2.28. The predicted molar refractivity (Wildman–Crippen MR) is 76.7 cm³/mol. The van der Waals surface area contributed by atoms with Gasteiger partial charge in [-0.2, -0.15) is 4.37 Å². The molecule has 0 aromatic carbocycles. The van der Waals surface area contributed by atoms with Crippen molar-refractivity contribution in [3.8, 4) is 0 Å². The molecule has 1 aromatic heterocycles. The highest BCUT2D eigenvalue weighted by Gasteiger charge is 2.40. The second-order valence-electron chi connectivity index (χ2n) is 4.82. The Hall–Kier alpha value is -0.660. The van der Waals surface area contributed by atoms with E-state index in [9.17, 15) is 9.90 Å². The number of aliphatic carboxylic acids is 1. The lowest BCUT2D eigenvalue weighted by molar-refractivity contribution is -0.145. The number of nitrogens with one attached hydrogen (secondary N) is 1. The van der Waals surface area contributed by atoms with Crippen LogP contribution in [-0.2, 0) is 4.79 Å². The van der Waals surface area contributed by atoms with Crippen LogP contribution >= 0.6 is 23.3 Å². The summed E-state index contributed by atoms with van der Waals surface area (Å²) in [5.74, 6) is 0.166. The van der Waals surface area contributed by atoms with Crippen LogP contribution in [-0.4, -0.2) is 37.8 Å². The van der Waals surface area contributed by atoms with E-state index in [-0.39, 0.29) is 0 Å². The fraction of sp³-hybridized carbons (Fsp3) is 0.750. The maximum atomic E-state index is 11.5. The molecule has 0 saturated heterocycles. The van der Waals surface area contributed by atoms with Crippen molar-refractivity contribution < 1.29 is 9.90 Å². The van der Waals surface area contributed by atoms with E-state index in [1.165, 1.54) is 11.5 Å². The molecule has 1 saturated carbocycles. The van der Waals surface area contributed by atoms with E-state index >= 15 is 0 Å². The van der Waals surface area contributed by atoms with Crippen molar-refractivity contribution in [1.82, 2.24) is 14.7 Å². The third-order valence-electron chi connectivity index (χ3n) is 3.39. The van der Waals surface area contributed by atoms with Gasteiger partial charge >= 0.3 is 5.97 Å². The largest absolute Gasteiger partial charge is 0.480 e. The molecule has 0 radical (unpaired) electrons. The summed E-state index contributed by atoms with van der Waals surface area (Å²) in [6.07, 6.45) is 5.92. The maximum absolute atomic E-state index is 11.5. The summed E-state index contributed by atoms with van der Waals surface area (Å²) in [5, 5.41) is 12.8. The van der Waals surface area contributed by atoms with Crippen LogP contribution in [0.2, 0.25) is 0 Å². The van der Waals surface area contributed by atoms with Crippen molar-refractivity contribution in [3.05, 3.63) is 6.33 Å². The highest BCUT2D eigenvalue weighted by atomic mass is 32.2. The summed E-state index contributed by atoms with van der Waals surface area (Å²) in [4.78, 5) is 15.7. The van der Waals surface area contributed by atoms with Crippen molar-refractivity contribution in [2.24, 2.45) is 0 Å². The van der Waals surface area contributed by atoms with Crippen LogP contribution in [0, 0.1) is 0 Å². The lowest BCUT2D eigenvalue weighted by Crippen LogP contribution is -2.52. The molecule has 2 rings (SSSR count). The summed E-state index contributed by atoms with van der Waals surface area (Å²) in [6, 6.07) is 0.409. The Morgan fingerprint density at radius 3 is 3.00 bits per heavy atom. The van der Waals surface area contributed by atoms with Crippen molar-refractivity contribution >= 4 is 29.3 Å². The molecule has 1 aliphatic carbocycles. The van der Waals surface area contributed by atoms with Gasteiger partial charge in [0, 0.05) is 11.8 Å². The van der Waals surface area contributed by atoms with Gasteiger partial charge in [0.1, 0.15) is 11.9 Å². The third kappa shape index (κ3) is 4.15. The van der Waals surface area contributed by atoms with Gasteiger partial charge in [-0.3, -0.25) is 10.1 Å². The summed E-state index contributed by atoms with van der Waals surface area (Å²) >= 11 is 3.03. The zero-order valence-corrected chi connectivity index (χ0v) is 12.6. The molecule has 1 heterocycles. The Kier molecular flexibility index (Phi) is 5.18. The average molecular weight is 301 g/mol. The van der Waals surface area contributed by atoms with Gasteiger partial charge in [-0.05, 0) is 43.6 Å². The third-order valence-corrected chi connectivity index (χ3v) is 5.27. The fourth-order valence-corrected chi connectivity index (χ4v) is 3.50. The van der Waals surface area contributed by atoms with E-state index in [2.05, 4.69) is 14.7 Å². The van der Waals surface area contributed by atoms with Crippen LogP contribution in [0.3, 0.4) is 0 Å². The van der Waals surface area contributed by atoms with Gasteiger partial charge in [0.25, 0.3) is 0 Å². The molecule has 1 unspecified atom stereocenters. The number of carboxylic acids is 1. The minimum absolute atomic E-state index is 0.409. The number of carbonyl (C=O) groups is 1. The van der Waals surface area contributed by atoms with Crippen LogP contribution in [0.25, 0.3) is 0 Å². The number of hydrogen-bond donors (Lipinski definition) is 2. The Balaban J connectivity index is 1.80. The van der Waals surface area contributed by atoms with E-state index in [4.69, 9.17) is 0 Å². The molecular formula is C12H19N3O2S2. The first kappa shape index (κ1) is 14.7. The Morgan fingerprint density at radius 1 is 1.68 bits per heavy atom. The topological polar surface area (TPSA) is 75.1 Å². The molecule has 1 atom stereocenters. The molecule has 1 fully saturated rings. The summed E-state index contributed by atoms with van der Waals surface area (Å²) in [5.41, 5.74) is -0.747. The van der Waals surface area contributed by atoms with Crippen molar-refractivity contribution in [2.45, 2.75) is 54.9 Å². The standard InChI is InChI=1S/C12H19N3O2S2/c1-2-12(10(16)17,15-9-4-5-9)6-3-7-18-11-13-8-14-19-11/h8-9,15H,2-7H2,1H3,(H,16,17). The van der Waals surface area contributed by atoms with Crippen LogP contribution < -0.4 is 5.32 Å². The Morgan fingerprint density at radius 2 is 2.47 bits per heavy atom. The smallest absolute Gasteiger partial charge is 0.323 e. The molecule has 1 aliphatic rings. The molecule has 0 aliphatic heterocycles. The second-order valence-corrected chi connectivity index (χ2v) is 6.94.